The van der Waals surface area contributed by atoms with Crippen molar-refractivity contribution in [2.45, 2.75) is 49.6 Å². The maximum Gasteiger partial charge on any atom is 0.264 e. The molecule has 242 valence electrons. The van der Waals surface area contributed by atoms with Crippen LogP contribution in [0.1, 0.15) is 48.0 Å². The third kappa shape index (κ3) is 6.90. The smallest absolute Gasteiger partial charge is 0.264 e. The molecule has 0 atom stereocenters. The first-order valence-electron chi connectivity index (χ1n) is 15.7. The number of piperazine rings is 1. The van der Waals surface area contributed by atoms with E-state index >= 15 is 0 Å². The van der Waals surface area contributed by atoms with Crippen molar-refractivity contribution in [2.24, 2.45) is 0 Å². The van der Waals surface area contributed by atoms with E-state index in [9.17, 15) is 13.2 Å². The molecular weight excluding hydrogens is 604 g/mol. The summed E-state index contributed by atoms with van der Waals surface area (Å²) >= 11 is 0. The standard InChI is InChI=1S/C35H40N4O6S/c1-43-33-27(15-18-30(34(33)44-2)45-29-10-4-3-5-11-29)24-38-20-22-39(23-21-38)35(40)26-13-16-28(17-14-26)37-46(41,42)31-12-6-8-25-9-7-19-36-32(25)31/h6-9,12-19,29,37H,3-5,10-11,20-24H2,1-2H3. The molecule has 1 N–H and O–H groups in total. The van der Waals surface area contributed by atoms with Crippen LogP contribution in [-0.4, -0.2) is 75.6 Å². The summed E-state index contributed by atoms with van der Waals surface area (Å²) in [7, 11) is -0.587. The van der Waals surface area contributed by atoms with Crippen LogP contribution in [0.25, 0.3) is 10.9 Å². The van der Waals surface area contributed by atoms with E-state index in [2.05, 4.69) is 14.6 Å². The molecule has 0 bridgehead atoms. The number of hydrogen-bond donors (Lipinski definition) is 1. The quantitative estimate of drug-likeness (QED) is 0.233. The number of benzene rings is 3. The number of para-hydroxylation sites is 1. The zero-order valence-corrected chi connectivity index (χ0v) is 27.1. The predicted octanol–water partition coefficient (Wildman–Crippen LogP) is 5.72. The maximum atomic E-state index is 13.3. The molecule has 2 heterocycles. The van der Waals surface area contributed by atoms with Crippen LogP contribution in [0.4, 0.5) is 5.69 Å². The van der Waals surface area contributed by atoms with Gasteiger partial charge >= 0.3 is 0 Å². The molecule has 0 unspecified atom stereocenters. The second kappa shape index (κ2) is 14.0. The van der Waals surface area contributed by atoms with E-state index < -0.39 is 10.0 Å². The van der Waals surface area contributed by atoms with Crippen molar-refractivity contribution in [2.75, 3.05) is 45.1 Å². The van der Waals surface area contributed by atoms with Gasteiger partial charge in [-0.25, -0.2) is 8.42 Å². The monoisotopic (exact) mass is 644 g/mol. The average molecular weight is 645 g/mol. The molecule has 1 aliphatic carbocycles. The molecule has 3 aromatic carbocycles. The molecule has 1 aliphatic heterocycles. The van der Waals surface area contributed by atoms with Crippen LogP contribution < -0.4 is 18.9 Å². The number of hydrogen-bond acceptors (Lipinski definition) is 8. The van der Waals surface area contributed by atoms with E-state index in [1.54, 1.807) is 56.8 Å². The van der Waals surface area contributed by atoms with E-state index in [-0.39, 0.29) is 16.9 Å². The fourth-order valence-electron chi connectivity index (χ4n) is 6.30. The van der Waals surface area contributed by atoms with Gasteiger partial charge in [0.2, 0.25) is 5.75 Å². The molecule has 1 amide bonds. The summed E-state index contributed by atoms with van der Waals surface area (Å²) in [5, 5.41) is 0.739. The van der Waals surface area contributed by atoms with Gasteiger partial charge in [0.25, 0.3) is 15.9 Å². The van der Waals surface area contributed by atoms with Gasteiger partial charge in [0.1, 0.15) is 4.90 Å². The van der Waals surface area contributed by atoms with Gasteiger partial charge in [0, 0.05) is 61.1 Å². The topological polar surface area (TPSA) is 110 Å². The SMILES string of the molecule is COc1c(CN2CCN(C(=O)c3ccc(NS(=O)(=O)c4cccc5cccnc45)cc3)CC2)ccc(OC2CCCCC2)c1OC. The first-order valence-corrected chi connectivity index (χ1v) is 17.2. The molecular formula is C35H40N4O6S. The Morgan fingerprint density at radius 1 is 0.870 bits per heavy atom. The highest BCUT2D eigenvalue weighted by Gasteiger charge is 2.26. The summed E-state index contributed by atoms with van der Waals surface area (Å²) < 4.78 is 46.8. The first kappa shape index (κ1) is 31.6. The number of sulfonamides is 1. The Balaban J connectivity index is 1.06. The molecule has 10 nitrogen and oxygen atoms in total. The molecule has 2 fully saturated rings. The minimum absolute atomic E-state index is 0.0872. The van der Waals surface area contributed by atoms with Crippen LogP contribution in [0.5, 0.6) is 17.2 Å². The maximum absolute atomic E-state index is 13.3. The summed E-state index contributed by atoms with van der Waals surface area (Å²) in [6.07, 6.45) is 7.53. The molecule has 46 heavy (non-hydrogen) atoms. The van der Waals surface area contributed by atoms with E-state index in [0.29, 0.717) is 61.0 Å². The fraction of sp³-hybridized carbons (Fsp3) is 0.371. The number of nitrogens with zero attached hydrogens (tertiary/aromatic N) is 3. The largest absolute Gasteiger partial charge is 0.492 e. The number of amides is 1. The molecule has 0 radical (unpaired) electrons. The second-order valence-electron chi connectivity index (χ2n) is 11.7. The number of fused-ring (bicyclic) bond motifs is 1. The number of aromatic nitrogens is 1. The lowest BCUT2D eigenvalue weighted by atomic mass is 9.98. The molecule has 1 aromatic heterocycles. The average Bonchev–Trinajstić information content (AvgIpc) is 3.09. The van der Waals surface area contributed by atoms with Gasteiger partial charge < -0.3 is 19.1 Å². The van der Waals surface area contributed by atoms with Gasteiger partial charge in [-0.2, -0.15) is 0 Å². The number of rotatable bonds is 10. The molecule has 4 aromatic rings. The number of anilines is 1. The number of methoxy groups -OCH3 is 2. The summed E-state index contributed by atoms with van der Waals surface area (Å²) in [4.78, 5) is 21.8. The van der Waals surface area contributed by atoms with E-state index in [1.807, 2.05) is 29.2 Å². The van der Waals surface area contributed by atoms with Gasteiger partial charge in [0.15, 0.2) is 11.5 Å². The minimum Gasteiger partial charge on any atom is -0.492 e. The van der Waals surface area contributed by atoms with Gasteiger partial charge in [-0.05, 0) is 68.1 Å². The lowest BCUT2D eigenvalue weighted by Crippen LogP contribution is -2.48. The third-order valence-corrected chi connectivity index (χ3v) is 10.1. The highest BCUT2D eigenvalue weighted by Crippen LogP contribution is 2.42. The van der Waals surface area contributed by atoms with Gasteiger partial charge in [-0.1, -0.05) is 30.7 Å². The zero-order chi connectivity index (χ0) is 32.1. The van der Waals surface area contributed by atoms with Crippen molar-refractivity contribution in [1.82, 2.24) is 14.8 Å². The van der Waals surface area contributed by atoms with E-state index in [1.165, 1.54) is 25.3 Å². The van der Waals surface area contributed by atoms with Crippen LogP contribution in [0.3, 0.4) is 0 Å². The fourth-order valence-corrected chi connectivity index (χ4v) is 7.54. The van der Waals surface area contributed by atoms with Crippen molar-refractivity contribution >= 4 is 32.5 Å². The van der Waals surface area contributed by atoms with Crippen molar-refractivity contribution in [3.05, 3.63) is 84.1 Å². The third-order valence-electron chi connectivity index (χ3n) is 8.73. The number of carbonyl (C=O) groups excluding carboxylic acids is 1. The molecule has 11 heteroatoms. The van der Waals surface area contributed by atoms with E-state index in [4.69, 9.17) is 14.2 Å². The first-order chi connectivity index (χ1) is 22.4. The normalized spacial score (nSPS) is 16.3. The molecule has 1 saturated carbocycles. The number of carbonyl (C=O) groups is 1. The van der Waals surface area contributed by atoms with Crippen LogP contribution >= 0.6 is 0 Å². The van der Waals surface area contributed by atoms with Gasteiger partial charge in [-0.15, -0.1) is 0 Å². The van der Waals surface area contributed by atoms with Crippen LogP contribution in [-0.2, 0) is 16.6 Å². The Labute approximate surface area is 270 Å². The summed E-state index contributed by atoms with van der Waals surface area (Å²) in [5.41, 5.74) is 2.28. The van der Waals surface area contributed by atoms with Crippen LogP contribution in [0.2, 0.25) is 0 Å². The van der Waals surface area contributed by atoms with Crippen molar-refractivity contribution in [1.29, 1.82) is 0 Å². The molecule has 1 saturated heterocycles. The Bertz CT molecular complexity index is 1780. The summed E-state index contributed by atoms with van der Waals surface area (Å²) in [6.45, 7) is 3.21. The highest BCUT2D eigenvalue weighted by atomic mass is 32.2. The number of pyridine rings is 1. The van der Waals surface area contributed by atoms with Crippen molar-refractivity contribution in [3.8, 4) is 17.2 Å². The Hall–Kier alpha value is -4.35. The lowest BCUT2D eigenvalue weighted by molar-refractivity contribution is 0.0627. The van der Waals surface area contributed by atoms with Crippen LogP contribution in [0.15, 0.2) is 77.8 Å². The predicted molar refractivity (Wildman–Crippen MR) is 177 cm³/mol. The Morgan fingerprint density at radius 2 is 1.59 bits per heavy atom. The second-order valence-corrected chi connectivity index (χ2v) is 13.4. The molecule has 6 rings (SSSR count). The van der Waals surface area contributed by atoms with Crippen molar-refractivity contribution in [3.63, 3.8) is 0 Å². The van der Waals surface area contributed by atoms with E-state index in [0.717, 1.165) is 29.5 Å². The number of ether oxygens (including phenoxy) is 3. The minimum atomic E-state index is -3.88. The summed E-state index contributed by atoms with van der Waals surface area (Å²) in [6, 6.07) is 19.2. The summed E-state index contributed by atoms with van der Waals surface area (Å²) in [5.74, 6) is 1.94. The zero-order valence-electron chi connectivity index (χ0n) is 26.3. The molecule has 0 spiro atoms. The Morgan fingerprint density at radius 3 is 2.30 bits per heavy atom. The Kier molecular flexibility index (Phi) is 9.60. The number of nitrogens with one attached hydrogen (secondary N) is 1. The van der Waals surface area contributed by atoms with Gasteiger partial charge in [-0.3, -0.25) is 19.4 Å². The van der Waals surface area contributed by atoms with Crippen LogP contribution in [0, 0.1) is 0 Å². The molecule has 2 aliphatic rings. The van der Waals surface area contributed by atoms with Crippen molar-refractivity contribution < 1.29 is 27.4 Å². The highest BCUT2D eigenvalue weighted by molar-refractivity contribution is 7.93. The lowest BCUT2D eigenvalue weighted by Gasteiger charge is -2.35. The van der Waals surface area contributed by atoms with Gasteiger partial charge in [0.05, 0.1) is 25.8 Å².